The maximum atomic E-state index is 13.3. The van der Waals surface area contributed by atoms with Crippen molar-refractivity contribution in [1.82, 2.24) is 24.3 Å². The molecule has 0 unspecified atom stereocenters. The van der Waals surface area contributed by atoms with Crippen LogP contribution in [0.2, 0.25) is 0 Å². The summed E-state index contributed by atoms with van der Waals surface area (Å²) in [4.78, 5) is 18.8. The zero-order chi connectivity index (χ0) is 24.2. The molecule has 5 rings (SSSR count). The van der Waals surface area contributed by atoms with Crippen LogP contribution in [0.4, 0.5) is 0 Å². The second-order valence-electron chi connectivity index (χ2n) is 8.28. The van der Waals surface area contributed by atoms with Gasteiger partial charge in [0.15, 0.2) is 16.8 Å². The molecule has 0 bridgehead atoms. The standard InChI is InChI=1S/C27H25N5OS2/c1-19-14-24(20(2)31(19)17-23-11-7-13-34-23)25(33)18-35-27-30-29-26(22-10-6-12-28-15-22)32(27)16-21-8-4-3-5-9-21/h3-15H,16-18H2,1-2H3. The molecule has 0 N–H and O–H groups in total. The van der Waals surface area contributed by atoms with Gasteiger partial charge in [0.1, 0.15) is 0 Å². The second kappa shape index (κ2) is 10.4. The van der Waals surface area contributed by atoms with Gasteiger partial charge in [-0.3, -0.25) is 14.3 Å². The van der Waals surface area contributed by atoms with Crippen molar-refractivity contribution in [2.45, 2.75) is 32.1 Å². The van der Waals surface area contributed by atoms with Gasteiger partial charge in [0.2, 0.25) is 0 Å². The Hall–Kier alpha value is -3.49. The predicted octanol–water partition coefficient (Wildman–Crippen LogP) is 5.89. The number of nitrogens with zero attached hydrogens (tertiary/aromatic N) is 5. The Bertz CT molecular complexity index is 1420. The number of aryl methyl sites for hydroxylation is 1. The molecule has 4 heterocycles. The molecule has 0 aliphatic rings. The Morgan fingerprint density at radius 2 is 1.83 bits per heavy atom. The maximum Gasteiger partial charge on any atom is 0.192 e. The summed E-state index contributed by atoms with van der Waals surface area (Å²) < 4.78 is 4.27. The summed E-state index contributed by atoms with van der Waals surface area (Å²) in [5.41, 5.74) is 4.90. The highest BCUT2D eigenvalue weighted by Crippen LogP contribution is 2.27. The first-order chi connectivity index (χ1) is 17.1. The van der Waals surface area contributed by atoms with Crippen LogP contribution in [0, 0.1) is 13.8 Å². The van der Waals surface area contributed by atoms with Crippen molar-refractivity contribution in [3.63, 3.8) is 0 Å². The first-order valence-corrected chi connectivity index (χ1v) is 13.2. The number of benzene rings is 1. The van der Waals surface area contributed by atoms with E-state index in [1.807, 2.05) is 43.3 Å². The van der Waals surface area contributed by atoms with Crippen LogP contribution in [0.15, 0.2) is 83.6 Å². The number of pyridine rings is 1. The number of carbonyl (C=O) groups excluding carboxylic acids is 1. The van der Waals surface area contributed by atoms with Crippen LogP contribution in [0.5, 0.6) is 0 Å². The number of ketones is 1. The highest BCUT2D eigenvalue weighted by molar-refractivity contribution is 7.99. The van der Waals surface area contributed by atoms with E-state index in [0.29, 0.717) is 17.5 Å². The summed E-state index contributed by atoms with van der Waals surface area (Å²) in [5.74, 6) is 1.13. The van der Waals surface area contributed by atoms with Crippen molar-refractivity contribution in [3.8, 4) is 11.4 Å². The minimum atomic E-state index is 0.0951. The van der Waals surface area contributed by atoms with Gasteiger partial charge in [-0.05, 0) is 49.1 Å². The van der Waals surface area contributed by atoms with E-state index in [2.05, 4.69) is 60.9 Å². The van der Waals surface area contributed by atoms with Crippen LogP contribution in [-0.2, 0) is 13.1 Å². The molecule has 0 fully saturated rings. The minimum Gasteiger partial charge on any atom is -0.343 e. The largest absolute Gasteiger partial charge is 0.343 e. The average molecular weight is 500 g/mol. The van der Waals surface area contributed by atoms with Crippen molar-refractivity contribution in [3.05, 3.63) is 106 Å². The lowest BCUT2D eigenvalue weighted by Gasteiger charge is -2.10. The van der Waals surface area contributed by atoms with E-state index >= 15 is 0 Å². The van der Waals surface area contributed by atoms with Crippen molar-refractivity contribution < 1.29 is 4.79 Å². The van der Waals surface area contributed by atoms with Gasteiger partial charge in [-0.2, -0.15) is 0 Å². The summed E-state index contributed by atoms with van der Waals surface area (Å²) in [5, 5.41) is 11.7. The molecule has 4 aromatic heterocycles. The van der Waals surface area contributed by atoms with Crippen molar-refractivity contribution in [2.75, 3.05) is 5.75 Å². The third kappa shape index (κ3) is 5.13. The van der Waals surface area contributed by atoms with Crippen LogP contribution < -0.4 is 0 Å². The number of hydrogen-bond donors (Lipinski definition) is 0. The Kier molecular flexibility index (Phi) is 6.92. The van der Waals surface area contributed by atoms with Crippen LogP contribution in [-0.4, -0.2) is 35.9 Å². The lowest BCUT2D eigenvalue weighted by Crippen LogP contribution is -2.09. The molecule has 0 atom stereocenters. The number of thiophene rings is 1. The molecule has 0 aliphatic carbocycles. The zero-order valence-corrected chi connectivity index (χ0v) is 21.2. The first kappa shape index (κ1) is 23.3. The van der Waals surface area contributed by atoms with E-state index in [1.54, 1.807) is 23.7 Å². The Labute approximate surface area is 212 Å². The Morgan fingerprint density at radius 1 is 0.971 bits per heavy atom. The molecule has 0 saturated carbocycles. The maximum absolute atomic E-state index is 13.3. The summed E-state index contributed by atoms with van der Waals surface area (Å²) >= 11 is 3.16. The molecule has 1 aromatic carbocycles. The number of carbonyl (C=O) groups is 1. The summed E-state index contributed by atoms with van der Waals surface area (Å²) in [7, 11) is 0. The molecular formula is C27H25N5OS2. The number of Topliss-reactive ketones (excluding diaryl/α,β-unsaturated/α-hetero) is 1. The molecule has 0 saturated heterocycles. The molecule has 0 amide bonds. The van der Waals surface area contributed by atoms with Gasteiger partial charge >= 0.3 is 0 Å². The monoisotopic (exact) mass is 499 g/mol. The van der Waals surface area contributed by atoms with Gasteiger partial charge in [-0.1, -0.05) is 48.2 Å². The normalized spacial score (nSPS) is 11.1. The quantitative estimate of drug-likeness (QED) is 0.187. The molecule has 0 aliphatic heterocycles. The predicted molar refractivity (Wildman–Crippen MR) is 141 cm³/mol. The first-order valence-electron chi connectivity index (χ1n) is 11.3. The van der Waals surface area contributed by atoms with Crippen LogP contribution >= 0.6 is 23.1 Å². The fraction of sp³-hybridized carbons (Fsp3) is 0.185. The number of rotatable bonds is 9. The fourth-order valence-electron chi connectivity index (χ4n) is 4.11. The average Bonchev–Trinajstić information content (AvgIpc) is 3.61. The lowest BCUT2D eigenvalue weighted by atomic mass is 10.2. The number of aromatic nitrogens is 5. The highest BCUT2D eigenvalue weighted by atomic mass is 32.2. The zero-order valence-electron chi connectivity index (χ0n) is 19.6. The summed E-state index contributed by atoms with van der Waals surface area (Å²) in [6, 6.07) is 20.2. The van der Waals surface area contributed by atoms with Gasteiger partial charge < -0.3 is 4.57 Å². The van der Waals surface area contributed by atoms with Gasteiger partial charge in [0.05, 0.1) is 18.8 Å². The molecular weight excluding hydrogens is 474 g/mol. The highest BCUT2D eigenvalue weighted by Gasteiger charge is 2.20. The van der Waals surface area contributed by atoms with Crippen molar-refractivity contribution >= 4 is 28.9 Å². The Balaban J connectivity index is 1.38. The molecule has 0 radical (unpaired) electrons. The van der Waals surface area contributed by atoms with Gasteiger partial charge in [-0.25, -0.2) is 0 Å². The van der Waals surface area contributed by atoms with Crippen LogP contribution in [0.3, 0.4) is 0 Å². The van der Waals surface area contributed by atoms with Gasteiger partial charge in [-0.15, -0.1) is 21.5 Å². The van der Waals surface area contributed by atoms with E-state index in [9.17, 15) is 4.79 Å². The van der Waals surface area contributed by atoms with E-state index in [4.69, 9.17) is 0 Å². The molecule has 35 heavy (non-hydrogen) atoms. The van der Waals surface area contributed by atoms with Gasteiger partial charge in [0.25, 0.3) is 0 Å². The van der Waals surface area contributed by atoms with E-state index in [0.717, 1.165) is 40.4 Å². The van der Waals surface area contributed by atoms with Crippen LogP contribution in [0.1, 0.15) is 32.2 Å². The summed E-state index contributed by atoms with van der Waals surface area (Å²) in [6.45, 7) is 5.48. The minimum absolute atomic E-state index is 0.0951. The molecule has 5 aromatic rings. The molecule has 8 heteroatoms. The third-order valence-electron chi connectivity index (χ3n) is 5.92. The smallest absolute Gasteiger partial charge is 0.192 e. The number of hydrogen-bond acceptors (Lipinski definition) is 6. The molecule has 0 spiro atoms. The van der Waals surface area contributed by atoms with Crippen LogP contribution in [0.25, 0.3) is 11.4 Å². The van der Waals surface area contributed by atoms with E-state index in [-0.39, 0.29) is 5.78 Å². The SMILES string of the molecule is Cc1cc(C(=O)CSc2nnc(-c3cccnc3)n2Cc2ccccc2)c(C)n1Cc1cccs1. The van der Waals surface area contributed by atoms with Gasteiger partial charge in [0, 0.05) is 39.8 Å². The number of thioether (sulfide) groups is 1. The molecule has 6 nitrogen and oxygen atoms in total. The lowest BCUT2D eigenvalue weighted by molar-refractivity contribution is 0.102. The van der Waals surface area contributed by atoms with Crippen molar-refractivity contribution in [2.24, 2.45) is 0 Å². The van der Waals surface area contributed by atoms with E-state index in [1.165, 1.54) is 16.6 Å². The Morgan fingerprint density at radius 3 is 2.57 bits per heavy atom. The van der Waals surface area contributed by atoms with E-state index < -0.39 is 0 Å². The fourth-order valence-corrected chi connectivity index (χ4v) is 5.62. The van der Waals surface area contributed by atoms with Crippen molar-refractivity contribution in [1.29, 1.82) is 0 Å². The third-order valence-corrected chi connectivity index (χ3v) is 7.75. The molecule has 176 valence electrons. The summed E-state index contributed by atoms with van der Waals surface area (Å²) in [6.07, 6.45) is 3.53. The second-order valence-corrected chi connectivity index (χ2v) is 10.3. The topological polar surface area (TPSA) is 65.6 Å².